The van der Waals surface area contributed by atoms with Crippen molar-refractivity contribution in [2.24, 2.45) is 0 Å². The lowest BCUT2D eigenvalue weighted by molar-refractivity contribution is 0.559. The van der Waals surface area contributed by atoms with Crippen molar-refractivity contribution in [3.05, 3.63) is 5.82 Å². The molecule has 5 nitrogen and oxygen atoms in total. The van der Waals surface area contributed by atoms with Crippen LogP contribution in [-0.4, -0.2) is 21.5 Å². The Bertz CT molecular complexity index is 361. The summed E-state index contributed by atoms with van der Waals surface area (Å²) in [4.78, 5) is 12.2. The first-order valence-corrected chi connectivity index (χ1v) is 8.44. The van der Waals surface area contributed by atoms with E-state index in [1.54, 1.807) is 0 Å². The molecular formula is C16H31N5. The molecule has 1 aromatic rings. The number of rotatable bonds is 12. The molecular weight excluding hydrogens is 262 g/mol. The molecule has 1 rings (SSSR count). The van der Waals surface area contributed by atoms with E-state index in [0.29, 0.717) is 11.8 Å². The molecule has 0 atom stereocenters. The molecule has 0 unspecified atom stereocenters. The van der Waals surface area contributed by atoms with E-state index >= 15 is 0 Å². The molecule has 0 aliphatic carbocycles. The second-order valence-electron chi connectivity index (χ2n) is 5.67. The third-order valence-corrected chi connectivity index (χ3v) is 3.58. The maximum absolute atomic E-state index is 5.59. The summed E-state index contributed by atoms with van der Waals surface area (Å²) >= 11 is 0. The van der Waals surface area contributed by atoms with Gasteiger partial charge in [-0.15, -0.1) is 0 Å². The topological polar surface area (TPSA) is 76.7 Å². The predicted molar refractivity (Wildman–Crippen MR) is 89.3 cm³/mol. The maximum atomic E-state index is 5.59. The van der Waals surface area contributed by atoms with Gasteiger partial charge in [-0.1, -0.05) is 64.7 Å². The van der Waals surface area contributed by atoms with E-state index in [1.807, 2.05) is 6.92 Å². The van der Waals surface area contributed by atoms with E-state index in [4.69, 9.17) is 5.73 Å². The van der Waals surface area contributed by atoms with Crippen molar-refractivity contribution in [2.45, 2.75) is 78.1 Å². The van der Waals surface area contributed by atoms with Crippen LogP contribution in [0, 0.1) is 6.92 Å². The first-order chi connectivity index (χ1) is 10.2. The summed E-state index contributed by atoms with van der Waals surface area (Å²) in [5.74, 6) is 1.54. The van der Waals surface area contributed by atoms with Gasteiger partial charge in [0.25, 0.3) is 0 Å². The van der Waals surface area contributed by atoms with Gasteiger partial charge in [0.2, 0.25) is 11.9 Å². The maximum Gasteiger partial charge on any atom is 0.227 e. The standard InChI is InChI=1S/C16H31N5/c1-3-4-5-6-7-8-9-10-11-12-13-18-16-20-14(2)19-15(17)21-16/h3-13H2,1-2H3,(H3,17,18,19,20,21). The van der Waals surface area contributed by atoms with Crippen LogP contribution in [0.15, 0.2) is 0 Å². The van der Waals surface area contributed by atoms with Gasteiger partial charge >= 0.3 is 0 Å². The summed E-state index contributed by atoms with van der Waals surface area (Å²) in [5.41, 5.74) is 5.59. The Morgan fingerprint density at radius 2 is 1.38 bits per heavy atom. The molecule has 1 heterocycles. The summed E-state index contributed by atoms with van der Waals surface area (Å²) in [5, 5.41) is 3.21. The van der Waals surface area contributed by atoms with Crippen LogP contribution in [0.3, 0.4) is 0 Å². The lowest BCUT2D eigenvalue weighted by Gasteiger charge is -2.06. The van der Waals surface area contributed by atoms with E-state index in [9.17, 15) is 0 Å². The smallest absolute Gasteiger partial charge is 0.227 e. The number of nitrogens with one attached hydrogen (secondary N) is 1. The van der Waals surface area contributed by atoms with E-state index in [0.717, 1.165) is 13.0 Å². The van der Waals surface area contributed by atoms with E-state index in [1.165, 1.54) is 57.8 Å². The van der Waals surface area contributed by atoms with Crippen LogP contribution in [0.5, 0.6) is 0 Å². The summed E-state index contributed by atoms with van der Waals surface area (Å²) in [7, 11) is 0. The number of anilines is 2. The number of nitrogens with two attached hydrogens (primary N) is 1. The highest BCUT2D eigenvalue weighted by atomic mass is 15.2. The number of hydrogen-bond acceptors (Lipinski definition) is 5. The van der Waals surface area contributed by atoms with Crippen molar-refractivity contribution in [1.82, 2.24) is 15.0 Å². The summed E-state index contributed by atoms with van der Waals surface area (Å²) in [6.45, 7) is 4.99. The fourth-order valence-electron chi connectivity index (χ4n) is 2.39. The monoisotopic (exact) mass is 293 g/mol. The lowest BCUT2D eigenvalue weighted by Crippen LogP contribution is -2.09. The molecule has 0 saturated heterocycles. The molecule has 0 radical (unpaired) electrons. The van der Waals surface area contributed by atoms with Crippen molar-refractivity contribution in [2.75, 3.05) is 17.6 Å². The van der Waals surface area contributed by atoms with Crippen molar-refractivity contribution < 1.29 is 0 Å². The highest BCUT2D eigenvalue weighted by Crippen LogP contribution is 2.10. The van der Waals surface area contributed by atoms with Crippen molar-refractivity contribution in [3.63, 3.8) is 0 Å². The quantitative estimate of drug-likeness (QED) is 0.567. The van der Waals surface area contributed by atoms with Crippen molar-refractivity contribution >= 4 is 11.9 Å². The van der Waals surface area contributed by atoms with Crippen LogP contribution in [-0.2, 0) is 0 Å². The Morgan fingerprint density at radius 1 is 0.810 bits per heavy atom. The van der Waals surface area contributed by atoms with Gasteiger partial charge in [-0.3, -0.25) is 0 Å². The number of unbranched alkanes of at least 4 members (excludes halogenated alkanes) is 9. The average Bonchev–Trinajstić information content (AvgIpc) is 2.44. The predicted octanol–water partition coefficient (Wildman–Crippen LogP) is 4.10. The first kappa shape index (κ1) is 17.7. The van der Waals surface area contributed by atoms with Crippen LogP contribution < -0.4 is 11.1 Å². The number of nitrogen functional groups attached to an aromatic ring is 1. The van der Waals surface area contributed by atoms with Gasteiger partial charge in [-0.2, -0.15) is 15.0 Å². The van der Waals surface area contributed by atoms with Crippen molar-refractivity contribution in [3.8, 4) is 0 Å². The third kappa shape index (κ3) is 9.21. The second kappa shape index (κ2) is 11.3. The first-order valence-electron chi connectivity index (χ1n) is 8.44. The molecule has 0 saturated carbocycles. The van der Waals surface area contributed by atoms with E-state index in [-0.39, 0.29) is 5.95 Å². The fourth-order valence-corrected chi connectivity index (χ4v) is 2.39. The zero-order chi connectivity index (χ0) is 15.3. The Morgan fingerprint density at radius 3 is 1.95 bits per heavy atom. The molecule has 0 bridgehead atoms. The molecule has 0 aromatic carbocycles. The number of aryl methyl sites for hydroxylation is 1. The largest absolute Gasteiger partial charge is 0.368 e. The average molecular weight is 293 g/mol. The minimum atomic E-state index is 0.285. The SMILES string of the molecule is CCCCCCCCCCCCNc1nc(C)nc(N)n1. The van der Waals surface area contributed by atoms with Crippen LogP contribution in [0.1, 0.15) is 77.0 Å². The molecule has 21 heavy (non-hydrogen) atoms. The number of aromatic nitrogens is 3. The number of hydrogen-bond donors (Lipinski definition) is 2. The van der Waals surface area contributed by atoms with Gasteiger partial charge in [0.05, 0.1) is 0 Å². The normalized spacial score (nSPS) is 10.8. The van der Waals surface area contributed by atoms with Gasteiger partial charge in [0.15, 0.2) is 0 Å². The Hall–Kier alpha value is -1.39. The van der Waals surface area contributed by atoms with Gasteiger partial charge in [-0.25, -0.2) is 0 Å². The minimum absolute atomic E-state index is 0.285. The summed E-state index contributed by atoms with van der Waals surface area (Å²) in [6, 6.07) is 0. The molecule has 0 fully saturated rings. The zero-order valence-electron chi connectivity index (χ0n) is 13.7. The molecule has 1 aromatic heterocycles. The van der Waals surface area contributed by atoms with Crippen LogP contribution >= 0.6 is 0 Å². The molecule has 5 heteroatoms. The van der Waals surface area contributed by atoms with Crippen molar-refractivity contribution in [1.29, 1.82) is 0 Å². The second-order valence-corrected chi connectivity index (χ2v) is 5.67. The van der Waals surface area contributed by atoms with Crippen LogP contribution in [0.4, 0.5) is 11.9 Å². The Balaban J connectivity index is 1.93. The Labute approximate surface area is 129 Å². The fraction of sp³-hybridized carbons (Fsp3) is 0.812. The Kier molecular flexibility index (Phi) is 9.49. The summed E-state index contributed by atoms with van der Waals surface area (Å²) in [6.07, 6.45) is 13.5. The third-order valence-electron chi connectivity index (χ3n) is 3.58. The van der Waals surface area contributed by atoms with E-state index in [2.05, 4.69) is 27.2 Å². The van der Waals surface area contributed by atoms with Gasteiger partial charge < -0.3 is 11.1 Å². The van der Waals surface area contributed by atoms with Crippen LogP contribution in [0.25, 0.3) is 0 Å². The molecule has 0 aliphatic heterocycles. The number of nitrogens with zero attached hydrogens (tertiary/aromatic N) is 3. The zero-order valence-corrected chi connectivity index (χ0v) is 13.7. The molecule has 120 valence electrons. The van der Waals surface area contributed by atoms with Gasteiger partial charge in [-0.05, 0) is 13.3 Å². The van der Waals surface area contributed by atoms with Gasteiger partial charge in [0, 0.05) is 6.54 Å². The van der Waals surface area contributed by atoms with Crippen LogP contribution in [0.2, 0.25) is 0 Å². The highest BCUT2D eigenvalue weighted by Gasteiger charge is 1.99. The van der Waals surface area contributed by atoms with Gasteiger partial charge in [0.1, 0.15) is 5.82 Å². The highest BCUT2D eigenvalue weighted by molar-refractivity contribution is 5.30. The lowest BCUT2D eigenvalue weighted by atomic mass is 10.1. The van der Waals surface area contributed by atoms with E-state index < -0.39 is 0 Å². The molecule has 0 amide bonds. The molecule has 0 spiro atoms. The molecule has 0 aliphatic rings. The minimum Gasteiger partial charge on any atom is -0.368 e. The summed E-state index contributed by atoms with van der Waals surface area (Å²) < 4.78 is 0. The molecule has 3 N–H and O–H groups in total.